The second kappa shape index (κ2) is 8.70. The molecule has 140 valence electrons. The van der Waals surface area contributed by atoms with Gasteiger partial charge in [0.05, 0.1) is 17.1 Å². The standard InChI is InChI=1S/C20H27N3OS2/c24-19(11-4-1-7-15-12-14-25-26-15)23-13-6-5-10-18(23)20-21-16-8-2-3-9-17(16)22-20/h2-3,8-9,15,18H,1,4-7,10-14H2,(H,21,22). The van der Waals surface area contributed by atoms with Crippen molar-refractivity contribution in [3.05, 3.63) is 30.1 Å². The van der Waals surface area contributed by atoms with Gasteiger partial charge in [0.25, 0.3) is 0 Å². The lowest BCUT2D eigenvalue weighted by Crippen LogP contribution is -2.38. The summed E-state index contributed by atoms with van der Waals surface area (Å²) in [6, 6.07) is 8.24. The molecule has 6 heteroatoms. The van der Waals surface area contributed by atoms with Crippen LogP contribution in [0, 0.1) is 0 Å². The van der Waals surface area contributed by atoms with Crippen molar-refractivity contribution in [2.24, 2.45) is 0 Å². The zero-order chi connectivity index (χ0) is 17.8. The SMILES string of the molecule is O=C(CCCCC1CCSS1)N1CCCCC1c1nc2ccccc2[nH]1. The quantitative estimate of drug-likeness (QED) is 0.536. The van der Waals surface area contributed by atoms with Crippen molar-refractivity contribution in [3.63, 3.8) is 0 Å². The lowest BCUT2D eigenvalue weighted by Gasteiger charge is -2.34. The number of amides is 1. The number of nitrogens with zero attached hydrogens (tertiary/aromatic N) is 2. The van der Waals surface area contributed by atoms with Crippen molar-refractivity contribution >= 4 is 38.5 Å². The normalized spacial score (nSPS) is 23.6. The summed E-state index contributed by atoms with van der Waals surface area (Å²) in [5.41, 5.74) is 2.06. The Morgan fingerprint density at radius 3 is 3.00 bits per heavy atom. The van der Waals surface area contributed by atoms with Gasteiger partial charge in [-0.25, -0.2) is 4.98 Å². The highest BCUT2D eigenvalue weighted by atomic mass is 33.1. The molecule has 2 aliphatic heterocycles. The molecule has 2 unspecified atom stereocenters. The minimum Gasteiger partial charge on any atom is -0.340 e. The van der Waals surface area contributed by atoms with Crippen molar-refractivity contribution in [1.82, 2.24) is 14.9 Å². The number of piperidine rings is 1. The third kappa shape index (κ3) is 4.22. The number of carbonyl (C=O) groups is 1. The van der Waals surface area contributed by atoms with Gasteiger partial charge in [0, 0.05) is 24.0 Å². The lowest BCUT2D eigenvalue weighted by atomic mass is 10.0. The van der Waals surface area contributed by atoms with Crippen LogP contribution in [0.5, 0.6) is 0 Å². The highest BCUT2D eigenvalue weighted by Crippen LogP contribution is 2.40. The van der Waals surface area contributed by atoms with Gasteiger partial charge in [-0.2, -0.15) is 0 Å². The van der Waals surface area contributed by atoms with E-state index in [4.69, 9.17) is 4.98 Å². The van der Waals surface area contributed by atoms with Gasteiger partial charge < -0.3 is 9.88 Å². The van der Waals surface area contributed by atoms with E-state index in [9.17, 15) is 4.79 Å². The van der Waals surface area contributed by atoms with E-state index in [2.05, 4.69) is 16.0 Å². The van der Waals surface area contributed by atoms with Crippen LogP contribution in [0.15, 0.2) is 24.3 Å². The van der Waals surface area contributed by atoms with Crippen molar-refractivity contribution < 1.29 is 4.79 Å². The van der Waals surface area contributed by atoms with Gasteiger partial charge in [0.2, 0.25) is 5.91 Å². The molecule has 1 amide bonds. The van der Waals surface area contributed by atoms with Crippen LogP contribution in [0.1, 0.15) is 63.2 Å². The molecule has 2 atom stereocenters. The molecule has 3 heterocycles. The number of benzene rings is 1. The maximum absolute atomic E-state index is 12.9. The maximum Gasteiger partial charge on any atom is 0.223 e. The van der Waals surface area contributed by atoms with E-state index in [0.717, 1.165) is 47.9 Å². The second-order valence-corrected chi connectivity index (χ2v) is 10.1. The number of imidazole rings is 1. The number of fused-ring (bicyclic) bond motifs is 1. The number of hydrogen-bond acceptors (Lipinski definition) is 4. The summed E-state index contributed by atoms with van der Waals surface area (Å²) in [5.74, 6) is 2.56. The van der Waals surface area contributed by atoms with Gasteiger partial charge in [0.1, 0.15) is 5.82 Å². The van der Waals surface area contributed by atoms with E-state index < -0.39 is 0 Å². The van der Waals surface area contributed by atoms with Crippen LogP contribution in [0.2, 0.25) is 0 Å². The van der Waals surface area contributed by atoms with Crippen molar-refractivity contribution in [2.45, 2.75) is 62.7 Å². The zero-order valence-corrected chi connectivity index (χ0v) is 16.8. The third-order valence-corrected chi connectivity index (χ3v) is 8.45. The largest absolute Gasteiger partial charge is 0.340 e. The molecule has 2 aromatic rings. The minimum atomic E-state index is 0.116. The fourth-order valence-corrected chi connectivity index (χ4v) is 7.03. The summed E-state index contributed by atoms with van der Waals surface area (Å²) in [5, 5.41) is 0.813. The van der Waals surface area contributed by atoms with Gasteiger partial charge in [0.15, 0.2) is 0 Å². The van der Waals surface area contributed by atoms with Crippen molar-refractivity contribution in [1.29, 1.82) is 0 Å². The number of nitrogens with one attached hydrogen (secondary N) is 1. The summed E-state index contributed by atoms with van der Waals surface area (Å²) < 4.78 is 0. The lowest BCUT2D eigenvalue weighted by molar-refractivity contribution is -0.135. The monoisotopic (exact) mass is 389 g/mol. The molecule has 0 aliphatic carbocycles. The molecular weight excluding hydrogens is 362 g/mol. The first-order valence-corrected chi connectivity index (χ1v) is 12.2. The molecule has 2 fully saturated rings. The van der Waals surface area contributed by atoms with Crippen LogP contribution in [0.4, 0.5) is 0 Å². The first kappa shape index (κ1) is 18.2. The number of para-hydroxylation sites is 2. The number of hydrogen-bond donors (Lipinski definition) is 1. The van der Waals surface area contributed by atoms with Gasteiger partial charge >= 0.3 is 0 Å². The third-order valence-electron chi connectivity index (χ3n) is 5.44. The Bertz CT molecular complexity index is 708. The molecule has 4 nitrogen and oxygen atoms in total. The number of aromatic nitrogens is 2. The zero-order valence-electron chi connectivity index (χ0n) is 15.2. The number of likely N-dealkylation sites (tertiary alicyclic amines) is 1. The van der Waals surface area contributed by atoms with Crippen LogP contribution < -0.4 is 0 Å². The van der Waals surface area contributed by atoms with Crippen LogP contribution in [-0.2, 0) is 4.79 Å². The smallest absolute Gasteiger partial charge is 0.223 e. The van der Waals surface area contributed by atoms with E-state index >= 15 is 0 Å². The summed E-state index contributed by atoms with van der Waals surface area (Å²) in [7, 11) is 4.04. The van der Waals surface area contributed by atoms with Gasteiger partial charge in [-0.1, -0.05) is 40.1 Å². The highest BCUT2D eigenvalue weighted by Gasteiger charge is 2.29. The number of H-pyrrole nitrogens is 1. The average molecular weight is 390 g/mol. The molecule has 1 aromatic carbocycles. The summed E-state index contributed by atoms with van der Waals surface area (Å²) >= 11 is 0. The number of aromatic amines is 1. The van der Waals surface area contributed by atoms with Crippen LogP contribution >= 0.6 is 21.6 Å². The fourth-order valence-electron chi connectivity index (χ4n) is 4.00. The predicted molar refractivity (Wildman–Crippen MR) is 111 cm³/mol. The van der Waals surface area contributed by atoms with Gasteiger partial charge in [-0.05, 0) is 50.7 Å². The molecule has 4 rings (SSSR count). The van der Waals surface area contributed by atoms with Crippen molar-refractivity contribution in [3.8, 4) is 0 Å². The Labute approximate surface area is 163 Å². The van der Waals surface area contributed by atoms with E-state index in [-0.39, 0.29) is 6.04 Å². The first-order chi connectivity index (χ1) is 12.8. The molecular formula is C20H27N3OS2. The van der Waals surface area contributed by atoms with Crippen LogP contribution in [0.25, 0.3) is 11.0 Å². The average Bonchev–Trinajstić information content (AvgIpc) is 3.34. The van der Waals surface area contributed by atoms with Crippen LogP contribution in [0.3, 0.4) is 0 Å². The number of rotatable bonds is 6. The Hall–Kier alpha value is -1.14. The maximum atomic E-state index is 12.9. The van der Waals surface area contributed by atoms with E-state index in [0.29, 0.717) is 12.3 Å². The Kier molecular flexibility index (Phi) is 6.10. The molecule has 2 aliphatic rings. The highest BCUT2D eigenvalue weighted by molar-refractivity contribution is 8.77. The molecule has 0 spiro atoms. The Morgan fingerprint density at radius 1 is 1.23 bits per heavy atom. The molecule has 2 saturated heterocycles. The molecule has 0 saturated carbocycles. The predicted octanol–water partition coefficient (Wildman–Crippen LogP) is 5.33. The van der Waals surface area contributed by atoms with Crippen LogP contribution in [-0.4, -0.2) is 38.3 Å². The Balaban J connectivity index is 1.36. The van der Waals surface area contributed by atoms with Gasteiger partial charge in [-0.3, -0.25) is 4.79 Å². The summed E-state index contributed by atoms with van der Waals surface area (Å²) in [6.45, 7) is 0.871. The second-order valence-electron chi connectivity index (χ2n) is 7.31. The van der Waals surface area contributed by atoms with E-state index in [1.54, 1.807) is 0 Å². The molecule has 0 radical (unpaired) electrons. The summed E-state index contributed by atoms with van der Waals surface area (Å²) in [6.07, 6.45) is 8.77. The molecule has 26 heavy (non-hydrogen) atoms. The molecule has 1 aromatic heterocycles. The topological polar surface area (TPSA) is 49.0 Å². The fraction of sp³-hybridized carbons (Fsp3) is 0.600. The minimum absolute atomic E-state index is 0.116. The van der Waals surface area contributed by atoms with Crippen molar-refractivity contribution in [2.75, 3.05) is 12.3 Å². The molecule has 0 bridgehead atoms. The van der Waals surface area contributed by atoms with E-state index in [1.807, 2.05) is 39.8 Å². The number of carbonyl (C=O) groups excluding carboxylic acids is 1. The van der Waals surface area contributed by atoms with Gasteiger partial charge in [-0.15, -0.1) is 0 Å². The summed E-state index contributed by atoms with van der Waals surface area (Å²) in [4.78, 5) is 23.2. The first-order valence-electron chi connectivity index (χ1n) is 9.83. The molecule has 1 N–H and O–H groups in total. The van der Waals surface area contributed by atoms with E-state index in [1.165, 1.54) is 31.4 Å². The number of unbranched alkanes of at least 4 members (excludes halogenated alkanes) is 1. The Morgan fingerprint density at radius 2 is 2.15 bits per heavy atom.